The molecule has 2 heterocycles. The number of amides is 1. The molecule has 0 saturated heterocycles. The highest BCUT2D eigenvalue weighted by molar-refractivity contribution is 5.83. The van der Waals surface area contributed by atoms with Crippen molar-refractivity contribution in [1.82, 2.24) is 20.7 Å². The van der Waals surface area contributed by atoms with Crippen molar-refractivity contribution >= 4 is 5.91 Å². The Kier molecular flexibility index (Phi) is 4.97. The van der Waals surface area contributed by atoms with Crippen molar-refractivity contribution in [1.29, 1.82) is 0 Å². The largest absolute Gasteiger partial charge is 0.359 e. The van der Waals surface area contributed by atoms with E-state index in [4.69, 9.17) is 10.3 Å². The van der Waals surface area contributed by atoms with Crippen LogP contribution < -0.4 is 11.1 Å². The van der Waals surface area contributed by atoms with E-state index < -0.39 is 6.04 Å². The Labute approximate surface area is 129 Å². The molecule has 0 aliphatic rings. The quantitative estimate of drug-likeness (QED) is 0.749. The average Bonchev–Trinajstić information content (AvgIpc) is 3.02. The number of nitrogens with one attached hydrogen (secondary N) is 2. The summed E-state index contributed by atoms with van der Waals surface area (Å²) in [7, 11) is 0. The number of aryl methyl sites for hydroxylation is 2. The molecule has 1 amide bonds. The third kappa shape index (κ3) is 3.73. The smallest absolute Gasteiger partial charge is 0.242 e. The van der Waals surface area contributed by atoms with Crippen LogP contribution in [0.4, 0.5) is 0 Å². The zero-order chi connectivity index (χ0) is 16.3. The molecule has 0 aliphatic carbocycles. The van der Waals surface area contributed by atoms with Gasteiger partial charge in [0.15, 0.2) is 5.76 Å². The summed E-state index contributed by atoms with van der Waals surface area (Å²) in [5.74, 6) is 0.860. The second kappa shape index (κ2) is 6.74. The first-order valence-corrected chi connectivity index (χ1v) is 7.37. The van der Waals surface area contributed by atoms with Gasteiger partial charge >= 0.3 is 0 Å². The molecule has 22 heavy (non-hydrogen) atoms. The summed E-state index contributed by atoms with van der Waals surface area (Å²) < 4.78 is 5.21. The lowest BCUT2D eigenvalue weighted by atomic mass is 10.1. The van der Waals surface area contributed by atoms with Gasteiger partial charge in [0.25, 0.3) is 0 Å². The minimum atomic E-state index is -0.753. The molecular formula is C15H23N5O2. The van der Waals surface area contributed by atoms with Gasteiger partial charge in [-0.2, -0.15) is 5.10 Å². The van der Waals surface area contributed by atoms with Gasteiger partial charge in [-0.15, -0.1) is 0 Å². The Balaban J connectivity index is 1.94. The SMILES string of the molecule is Cc1n[nH]c(C)c1[C@@H](N)C(=O)NCc1cc(CC(C)C)no1. The van der Waals surface area contributed by atoms with Gasteiger partial charge in [0.05, 0.1) is 17.9 Å². The summed E-state index contributed by atoms with van der Waals surface area (Å²) in [5, 5.41) is 13.6. The summed E-state index contributed by atoms with van der Waals surface area (Å²) in [6.45, 7) is 8.17. The molecule has 0 aromatic carbocycles. The molecule has 0 bridgehead atoms. The van der Waals surface area contributed by atoms with Gasteiger partial charge in [-0.25, -0.2) is 0 Å². The van der Waals surface area contributed by atoms with Crippen LogP contribution in [-0.4, -0.2) is 21.3 Å². The minimum Gasteiger partial charge on any atom is -0.359 e. The average molecular weight is 305 g/mol. The Morgan fingerprint density at radius 1 is 1.45 bits per heavy atom. The fourth-order valence-electron chi connectivity index (χ4n) is 2.39. The lowest BCUT2D eigenvalue weighted by molar-refractivity contribution is -0.122. The fourth-order valence-corrected chi connectivity index (χ4v) is 2.39. The normalized spacial score (nSPS) is 12.6. The first-order chi connectivity index (χ1) is 10.4. The second-order valence-electron chi connectivity index (χ2n) is 5.93. The van der Waals surface area contributed by atoms with Gasteiger partial charge in [-0.3, -0.25) is 9.89 Å². The zero-order valence-electron chi connectivity index (χ0n) is 13.4. The van der Waals surface area contributed by atoms with Crippen LogP contribution in [-0.2, 0) is 17.8 Å². The lowest BCUT2D eigenvalue weighted by Crippen LogP contribution is -2.34. The third-order valence-electron chi connectivity index (χ3n) is 3.44. The van der Waals surface area contributed by atoms with E-state index in [0.29, 0.717) is 11.7 Å². The van der Waals surface area contributed by atoms with Gasteiger partial charge in [0.2, 0.25) is 5.91 Å². The first-order valence-electron chi connectivity index (χ1n) is 7.37. The molecular weight excluding hydrogens is 282 g/mol. The minimum absolute atomic E-state index is 0.269. The number of carbonyl (C=O) groups is 1. The second-order valence-corrected chi connectivity index (χ2v) is 5.93. The third-order valence-corrected chi connectivity index (χ3v) is 3.44. The topological polar surface area (TPSA) is 110 Å². The van der Waals surface area contributed by atoms with Crippen molar-refractivity contribution < 1.29 is 9.32 Å². The molecule has 7 heteroatoms. The highest BCUT2D eigenvalue weighted by atomic mass is 16.5. The molecule has 0 saturated carbocycles. The van der Waals surface area contributed by atoms with E-state index >= 15 is 0 Å². The van der Waals surface area contributed by atoms with Crippen LogP contribution in [0, 0.1) is 19.8 Å². The van der Waals surface area contributed by atoms with Crippen LogP contribution in [0.25, 0.3) is 0 Å². The van der Waals surface area contributed by atoms with Crippen molar-refractivity contribution in [2.24, 2.45) is 11.7 Å². The Bertz CT molecular complexity index is 625. The molecule has 0 fully saturated rings. The van der Waals surface area contributed by atoms with Crippen LogP contribution >= 0.6 is 0 Å². The predicted octanol–water partition coefficient (Wildman–Crippen LogP) is 1.53. The van der Waals surface area contributed by atoms with Crippen molar-refractivity contribution in [2.75, 3.05) is 0 Å². The predicted molar refractivity (Wildman–Crippen MR) is 81.9 cm³/mol. The van der Waals surface area contributed by atoms with E-state index in [9.17, 15) is 4.79 Å². The number of carbonyl (C=O) groups excluding carboxylic acids is 1. The molecule has 2 aromatic heterocycles. The van der Waals surface area contributed by atoms with Crippen LogP contribution in [0.1, 0.15) is 48.3 Å². The maximum absolute atomic E-state index is 12.2. The molecule has 2 rings (SSSR count). The van der Waals surface area contributed by atoms with Crippen molar-refractivity contribution in [2.45, 2.75) is 46.7 Å². The van der Waals surface area contributed by atoms with Crippen LogP contribution in [0.2, 0.25) is 0 Å². The molecule has 0 aliphatic heterocycles. The van der Waals surface area contributed by atoms with Gasteiger partial charge < -0.3 is 15.6 Å². The van der Waals surface area contributed by atoms with Gasteiger partial charge in [0, 0.05) is 17.3 Å². The summed E-state index contributed by atoms with van der Waals surface area (Å²) >= 11 is 0. The maximum Gasteiger partial charge on any atom is 0.242 e. The number of nitrogens with zero attached hydrogens (tertiary/aromatic N) is 2. The number of aromatic nitrogens is 3. The maximum atomic E-state index is 12.2. The van der Waals surface area contributed by atoms with E-state index in [2.05, 4.69) is 34.5 Å². The van der Waals surface area contributed by atoms with Crippen LogP contribution in [0.3, 0.4) is 0 Å². The number of hydrogen-bond donors (Lipinski definition) is 3. The molecule has 0 spiro atoms. The molecule has 7 nitrogen and oxygen atoms in total. The zero-order valence-corrected chi connectivity index (χ0v) is 13.4. The molecule has 0 unspecified atom stereocenters. The monoisotopic (exact) mass is 305 g/mol. The number of H-pyrrole nitrogens is 1. The van der Waals surface area contributed by atoms with Crippen molar-refractivity contribution in [3.8, 4) is 0 Å². The van der Waals surface area contributed by atoms with E-state index in [-0.39, 0.29) is 12.5 Å². The van der Waals surface area contributed by atoms with Crippen LogP contribution in [0.15, 0.2) is 10.6 Å². The number of aromatic amines is 1. The molecule has 0 radical (unpaired) electrons. The van der Waals surface area contributed by atoms with Crippen molar-refractivity contribution in [3.05, 3.63) is 34.5 Å². The lowest BCUT2D eigenvalue weighted by Gasteiger charge is -2.11. The summed E-state index contributed by atoms with van der Waals surface area (Å²) in [6, 6.07) is 1.11. The van der Waals surface area contributed by atoms with Gasteiger partial charge in [0.1, 0.15) is 6.04 Å². The Morgan fingerprint density at radius 2 is 2.18 bits per heavy atom. The summed E-state index contributed by atoms with van der Waals surface area (Å²) in [4.78, 5) is 12.2. The Hall–Kier alpha value is -2.15. The number of nitrogens with two attached hydrogens (primary N) is 1. The van der Waals surface area contributed by atoms with Gasteiger partial charge in [-0.1, -0.05) is 19.0 Å². The molecule has 4 N–H and O–H groups in total. The Morgan fingerprint density at radius 3 is 2.77 bits per heavy atom. The first kappa shape index (κ1) is 16.2. The molecule has 1 atom stereocenters. The standard InChI is InChI=1S/C15H23N5O2/c1-8(2)5-11-6-12(22-20-11)7-17-15(21)14(16)13-9(3)18-19-10(13)4/h6,8,14H,5,7,16H2,1-4H3,(H,17,21)(H,18,19)/t14-/m1/s1. The highest BCUT2D eigenvalue weighted by Crippen LogP contribution is 2.17. The van der Waals surface area contributed by atoms with E-state index in [1.54, 1.807) is 0 Å². The van der Waals surface area contributed by atoms with E-state index in [1.807, 2.05) is 19.9 Å². The van der Waals surface area contributed by atoms with Crippen molar-refractivity contribution in [3.63, 3.8) is 0 Å². The molecule has 120 valence electrons. The van der Waals surface area contributed by atoms with Gasteiger partial charge in [-0.05, 0) is 26.2 Å². The number of rotatable bonds is 6. The summed E-state index contributed by atoms with van der Waals surface area (Å²) in [5.41, 5.74) is 9.17. The number of hydrogen-bond acceptors (Lipinski definition) is 5. The molecule has 2 aromatic rings. The summed E-state index contributed by atoms with van der Waals surface area (Å²) in [6.07, 6.45) is 0.852. The van der Waals surface area contributed by atoms with E-state index in [0.717, 1.165) is 29.1 Å². The van der Waals surface area contributed by atoms with Crippen LogP contribution in [0.5, 0.6) is 0 Å². The van der Waals surface area contributed by atoms with E-state index in [1.165, 1.54) is 0 Å². The fraction of sp³-hybridized carbons (Fsp3) is 0.533. The highest BCUT2D eigenvalue weighted by Gasteiger charge is 2.22.